The zero-order chi connectivity index (χ0) is 18.5. The van der Waals surface area contributed by atoms with Crippen LogP contribution < -0.4 is 0 Å². The molecule has 2 aromatic carbocycles. The first-order chi connectivity index (χ1) is 12.5. The highest BCUT2D eigenvalue weighted by molar-refractivity contribution is 5.99. The lowest BCUT2D eigenvalue weighted by Crippen LogP contribution is -2.34. The fraction of sp³-hybridized carbons (Fsp3) is 0.182. The number of hydrogen-bond acceptors (Lipinski definition) is 4. The quantitative estimate of drug-likeness (QED) is 0.582. The molecule has 2 aliphatic rings. The summed E-state index contributed by atoms with van der Waals surface area (Å²) < 4.78 is 6.02. The van der Waals surface area contributed by atoms with E-state index in [9.17, 15) is 15.2 Å². The number of carbonyl (C=O) groups excluding carboxylic acids is 1. The van der Waals surface area contributed by atoms with Crippen LogP contribution in [0.15, 0.2) is 59.7 Å². The van der Waals surface area contributed by atoms with E-state index in [-0.39, 0.29) is 11.7 Å². The molecular weight excluding hydrogens is 326 g/mol. The number of rotatable bonds is 0. The third-order valence-electron chi connectivity index (χ3n) is 5.18. The van der Waals surface area contributed by atoms with Crippen molar-refractivity contribution in [2.24, 2.45) is 0 Å². The minimum absolute atomic E-state index is 0.163. The molecule has 1 atom stereocenters. The Kier molecular flexibility index (Phi) is 3.48. The first-order valence-electron chi connectivity index (χ1n) is 8.47. The van der Waals surface area contributed by atoms with Crippen molar-refractivity contribution in [2.75, 3.05) is 0 Å². The van der Waals surface area contributed by atoms with Gasteiger partial charge in [-0.25, -0.2) is 4.79 Å². The number of nitrogens with zero attached hydrogens (tertiary/aromatic N) is 1. The monoisotopic (exact) mass is 343 g/mol. The van der Waals surface area contributed by atoms with Gasteiger partial charge in [0.05, 0.1) is 17.2 Å². The molecule has 1 saturated heterocycles. The fourth-order valence-electron chi connectivity index (χ4n) is 4.15. The fourth-order valence-corrected chi connectivity index (χ4v) is 4.15. The number of ether oxygens (including phenoxy) is 1. The minimum atomic E-state index is -1.04. The predicted octanol–water partition coefficient (Wildman–Crippen LogP) is 3.86. The van der Waals surface area contributed by atoms with Crippen molar-refractivity contribution in [3.8, 4) is 11.8 Å². The van der Waals surface area contributed by atoms with Crippen molar-refractivity contribution >= 4 is 5.97 Å². The Bertz CT molecular complexity index is 1060. The van der Waals surface area contributed by atoms with E-state index in [1.54, 1.807) is 24.3 Å². The predicted molar refractivity (Wildman–Crippen MR) is 96.5 cm³/mol. The third kappa shape index (κ3) is 1.98. The van der Waals surface area contributed by atoms with Crippen LogP contribution in [0.2, 0.25) is 0 Å². The Morgan fingerprint density at radius 1 is 1.12 bits per heavy atom. The summed E-state index contributed by atoms with van der Waals surface area (Å²) in [4.78, 5) is 12.6. The maximum absolute atomic E-state index is 12.6. The normalized spacial score (nSPS) is 23.7. The number of phenols is 1. The summed E-state index contributed by atoms with van der Waals surface area (Å²) in [6, 6.07) is 12.8. The topological polar surface area (TPSA) is 70.3 Å². The summed E-state index contributed by atoms with van der Waals surface area (Å²) in [6.45, 7) is 3.71. The Morgan fingerprint density at radius 2 is 1.81 bits per heavy atom. The van der Waals surface area contributed by atoms with E-state index >= 15 is 0 Å². The lowest BCUT2D eigenvalue weighted by atomic mass is 9.70. The number of phenolic OH excluding ortho intramolecular Hbond substituents is 1. The number of hydrogen-bond donors (Lipinski definition) is 1. The van der Waals surface area contributed by atoms with E-state index in [1.807, 2.05) is 38.1 Å². The molecule has 1 aliphatic carbocycles. The molecule has 4 rings (SSSR count). The van der Waals surface area contributed by atoms with E-state index in [0.29, 0.717) is 17.6 Å². The SMILES string of the molecule is C/C=C1/C(=O)OC2(/C1=C/C)c1ccc(O)cc1Cc1cc(C#N)ccc12. The second-order valence-corrected chi connectivity index (χ2v) is 6.48. The van der Waals surface area contributed by atoms with Gasteiger partial charge in [-0.05, 0) is 55.7 Å². The molecule has 128 valence electrons. The van der Waals surface area contributed by atoms with E-state index in [2.05, 4.69) is 6.07 Å². The summed E-state index contributed by atoms with van der Waals surface area (Å²) in [5.41, 5.74) is 4.38. The lowest BCUT2D eigenvalue weighted by molar-refractivity contribution is -0.143. The molecule has 26 heavy (non-hydrogen) atoms. The van der Waals surface area contributed by atoms with Gasteiger partial charge in [-0.1, -0.05) is 24.3 Å². The molecule has 4 heteroatoms. The summed E-state index contributed by atoms with van der Waals surface area (Å²) in [7, 11) is 0. The van der Waals surface area contributed by atoms with Gasteiger partial charge < -0.3 is 9.84 Å². The van der Waals surface area contributed by atoms with Gasteiger partial charge in [-0.15, -0.1) is 0 Å². The number of benzene rings is 2. The highest BCUT2D eigenvalue weighted by atomic mass is 16.6. The van der Waals surface area contributed by atoms with Crippen LogP contribution in [0.25, 0.3) is 0 Å². The third-order valence-corrected chi connectivity index (χ3v) is 5.18. The highest BCUT2D eigenvalue weighted by Gasteiger charge is 2.53. The molecule has 0 aromatic heterocycles. The van der Waals surface area contributed by atoms with Crippen LogP contribution >= 0.6 is 0 Å². The van der Waals surface area contributed by atoms with Gasteiger partial charge in [-0.3, -0.25) is 0 Å². The maximum atomic E-state index is 12.6. The smallest absolute Gasteiger partial charge is 0.339 e. The van der Waals surface area contributed by atoms with Crippen LogP contribution in [0.4, 0.5) is 0 Å². The molecule has 1 fully saturated rings. The molecule has 2 aromatic rings. The highest BCUT2D eigenvalue weighted by Crippen LogP contribution is 2.54. The zero-order valence-electron chi connectivity index (χ0n) is 14.5. The first-order valence-corrected chi connectivity index (χ1v) is 8.47. The molecule has 1 unspecified atom stereocenters. The molecule has 0 radical (unpaired) electrons. The standard InChI is InChI=1S/C22H17NO3/c1-3-17-18(4-2)22(26-21(17)25)19-7-5-13(12-23)9-14(19)10-15-11-16(24)6-8-20(15)22/h3-9,11,24H,10H2,1-2H3/b17-3+,18-4+. The second kappa shape index (κ2) is 5.60. The van der Waals surface area contributed by atoms with E-state index < -0.39 is 5.60 Å². The van der Waals surface area contributed by atoms with Crippen molar-refractivity contribution in [3.05, 3.63) is 87.5 Å². The molecule has 0 saturated carbocycles. The number of nitriles is 1. The van der Waals surface area contributed by atoms with Crippen LogP contribution in [0.5, 0.6) is 5.75 Å². The number of carbonyl (C=O) groups is 1. The van der Waals surface area contributed by atoms with E-state index in [1.165, 1.54) is 0 Å². The summed E-state index contributed by atoms with van der Waals surface area (Å²) in [5, 5.41) is 19.2. The van der Waals surface area contributed by atoms with Crippen molar-refractivity contribution in [1.29, 1.82) is 5.26 Å². The van der Waals surface area contributed by atoms with Gasteiger partial charge in [0, 0.05) is 16.7 Å². The summed E-state index contributed by atoms with van der Waals surface area (Å²) >= 11 is 0. The average Bonchev–Trinajstić information content (AvgIpc) is 2.92. The summed E-state index contributed by atoms with van der Waals surface area (Å²) in [5.74, 6) is -0.201. The van der Waals surface area contributed by atoms with Gasteiger partial charge in [0.25, 0.3) is 0 Å². The van der Waals surface area contributed by atoms with Crippen LogP contribution in [-0.4, -0.2) is 11.1 Å². The molecule has 0 bridgehead atoms. The van der Waals surface area contributed by atoms with Crippen LogP contribution in [0.1, 0.15) is 41.7 Å². The van der Waals surface area contributed by atoms with E-state index in [0.717, 1.165) is 27.8 Å². The van der Waals surface area contributed by atoms with Crippen molar-refractivity contribution in [2.45, 2.75) is 25.9 Å². The zero-order valence-corrected chi connectivity index (χ0v) is 14.5. The first kappa shape index (κ1) is 16.2. The van der Waals surface area contributed by atoms with Crippen molar-refractivity contribution in [3.63, 3.8) is 0 Å². The molecule has 1 heterocycles. The Morgan fingerprint density at radius 3 is 2.46 bits per heavy atom. The molecular formula is C22H17NO3. The Balaban J connectivity index is 2.10. The molecule has 1 spiro atoms. The average molecular weight is 343 g/mol. The van der Waals surface area contributed by atoms with Crippen LogP contribution in [-0.2, 0) is 21.6 Å². The lowest BCUT2D eigenvalue weighted by Gasteiger charge is -2.37. The molecule has 4 nitrogen and oxygen atoms in total. The number of esters is 1. The van der Waals surface area contributed by atoms with Gasteiger partial charge in [-0.2, -0.15) is 5.26 Å². The largest absolute Gasteiger partial charge is 0.508 e. The van der Waals surface area contributed by atoms with E-state index in [4.69, 9.17) is 4.74 Å². The van der Waals surface area contributed by atoms with Crippen molar-refractivity contribution in [1.82, 2.24) is 0 Å². The Labute approximate surface area is 151 Å². The molecule has 1 aliphatic heterocycles. The molecule has 0 amide bonds. The number of aromatic hydroxyl groups is 1. The number of fused-ring (bicyclic) bond motifs is 4. The Hall–Kier alpha value is -3.32. The van der Waals surface area contributed by atoms with Gasteiger partial charge in [0.1, 0.15) is 5.75 Å². The van der Waals surface area contributed by atoms with Gasteiger partial charge >= 0.3 is 5.97 Å². The van der Waals surface area contributed by atoms with Crippen LogP contribution in [0.3, 0.4) is 0 Å². The number of allylic oxidation sites excluding steroid dienone is 2. The molecule has 1 N–H and O–H groups in total. The van der Waals surface area contributed by atoms with Crippen LogP contribution in [0, 0.1) is 11.3 Å². The maximum Gasteiger partial charge on any atom is 0.339 e. The van der Waals surface area contributed by atoms with Crippen molar-refractivity contribution < 1.29 is 14.6 Å². The van der Waals surface area contributed by atoms with Gasteiger partial charge in [0.2, 0.25) is 0 Å². The summed E-state index contributed by atoms with van der Waals surface area (Å²) in [6.07, 6.45) is 4.24. The second-order valence-electron chi connectivity index (χ2n) is 6.48. The minimum Gasteiger partial charge on any atom is -0.508 e. The van der Waals surface area contributed by atoms with Gasteiger partial charge in [0.15, 0.2) is 5.60 Å².